The van der Waals surface area contributed by atoms with Crippen molar-refractivity contribution in [3.63, 3.8) is 0 Å². The summed E-state index contributed by atoms with van der Waals surface area (Å²) in [6.07, 6.45) is -0.212. The molecule has 0 bridgehead atoms. The predicted molar refractivity (Wildman–Crippen MR) is 55.2 cm³/mol. The molecule has 1 rings (SSSR count). The number of benzene rings is 1. The van der Waals surface area contributed by atoms with Gasteiger partial charge in [0.2, 0.25) is 0 Å². The van der Waals surface area contributed by atoms with Crippen LogP contribution < -0.4 is 0 Å². The van der Waals surface area contributed by atoms with E-state index >= 15 is 0 Å². The van der Waals surface area contributed by atoms with Gasteiger partial charge in [-0.25, -0.2) is 4.79 Å². The van der Waals surface area contributed by atoms with Crippen molar-refractivity contribution in [2.45, 2.75) is 12.5 Å². The molecule has 90 valence electrons. The van der Waals surface area contributed by atoms with Crippen LogP contribution in [0.3, 0.4) is 0 Å². The van der Waals surface area contributed by atoms with Crippen molar-refractivity contribution in [3.05, 3.63) is 45.5 Å². The molecule has 0 aliphatic rings. The first-order valence-electron chi connectivity index (χ1n) is 4.58. The Morgan fingerprint density at radius 2 is 1.76 bits per heavy atom. The van der Waals surface area contributed by atoms with E-state index in [-0.39, 0.29) is 12.0 Å². The topological polar surface area (TPSA) is 118 Å². The predicted octanol–water partition coefficient (Wildman–Crippen LogP) is 0.716. The maximum Gasteiger partial charge on any atom is 0.384 e. The normalized spacial score (nSPS) is 11.8. The second-order valence-electron chi connectivity index (χ2n) is 3.34. The minimum atomic E-state index is -1.83. The SMILES string of the molecule is O=C(O)Cc1ccc(C(C(=O)O)[N+](=O)[O-])cc1. The number of aliphatic carboxylic acids is 2. The summed E-state index contributed by atoms with van der Waals surface area (Å²) in [5, 5.41) is 27.7. The number of nitrogens with zero attached hydrogens (tertiary/aromatic N) is 1. The third kappa shape index (κ3) is 3.26. The van der Waals surface area contributed by atoms with Crippen LogP contribution in [-0.2, 0) is 16.0 Å². The zero-order chi connectivity index (χ0) is 13.0. The van der Waals surface area contributed by atoms with E-state index in [1.165, 1.54) is 24.3 Å². The van der Waals surface area contributed by atoms with Gasteiger partial charge < -0.3 is 10.2 Å². The highest BCUT2D eigenvalue weighted by molar-refractivity contribution is 5.74. The molecular weight excluding hydrogens is 230 g/mol. The molecular formula is C10H9NO6. The lowest BCUT2D eigenvalue weighted by Crippen LogP contribution is -2.20. The maximum atomic E-state index is 10.7. The molecule has 0 heterocycles. The van der Waals surface area contributed by atoms with E-state index in [0.717, 1.165) is 0 Å². The van der Waals surface area contributed by atoms with Gasteiger partial charge in [-0.15, -0.1) is 0 Å². The molecule has 0 radical (unpaired) electrons. The van der Waals surface area contributed by atoms with E-state index < -0.39 is 22.9 Å². The summed E-state index contributed by atoms with van der Waals surface area (Å²) in [6, 6.07) is 3.40. The van der Waals surface area contributed by atoms with Gasteiger partial charge in [-0.3, -0.25) is 14.9 Å². The van der Waals surface area contributed by atoms with Gasteiger partial charge in [-0.1, -0.05) is 24.3 Å². The van der Waals surface area contributed by atoms with Gasteiger partial charge in [-0.05, 0) is 5.56 Å². The van der Waals surface area contributed by atoms with Crippen LogP contribution in [0.2, 0.25) is 0 Å². The van der Waals surface area contributed by atoms with Crippen molar-refractivity contribution >= 4 is 11.9 Å². The lowest BCUT2D eigenvalue weighted by atomic mass is 10.0. The lowest BCUT2D eigenvalue weighted by molar-refractivity contribution is -0.516. The van der Waals surface area contributed by atoms with Crippen LogP contribution >= 0.6 is 0 Å². The molecule has 0 aliphatic heterocycles. The molecule has 17 heavy (non-hydrogen) atoms. The van der Waals surface area contributed by atoms with Crippen molar-refractivity contribution in [1.29, 1.82) is 0 Å². The van der Waals surface area contributed by atoms with Crippen molar-refractivity contribution < 1.29 is 24.7 Å². The van der Waals surface area contributed by atoms with Gasteiger partial charge in [0, 0.05) is 10.5 Å². The van der Waals surface area contributed by atoms with Gasteiger partial charge in [0.25, 0.3) is 0 Å². The molecule has 0 fully saturated rings. The maximum absolute atomic E-state index is 10.7. The monoisotopic (exact) mass is 239 g/mol. The van der Waals surface area contributed by atoms with Crippen molar-refractivity contribution in [3.8, 4) is 0 Å². The number of hydrogen-bond donors (Lipinski definition) is 2. The third-order valence-electron chi connectivity index (χ3n) is 2.10. The zero-order valence-corrected chi connectivity index (χ0v) is 8.57. The quantitative estimate of drug-likeness (QED) is 0.577. The Bertz CT molecular complexity index is 438. The summed E-state index contributed by atoms with van der Waals surface area (Å²) in [6.45, 7) is 0. The first-order valence-corrected chi connectivity index (χ1v) is 4.58. The summed E-state index contributed by atoms with van der Waals surface area (Å²) < 4.78 is 0. The smallest absolute Gasteiger partial charge is 0.384 e. The van der Waals surface area contributed by atoms with Gasteiger partial charge >= 0.3 is 18.0 Å². The Kier molecular flexibility index (Phi) is 3.76. The number of nitro groups is 1. The van der Waals surface area contributed by atoms with Crippen LogP contribution in [0.4, 0.5) is 0 Å². The second-order valence-corrected chi connectivity index (χ2v) is 3.34. The summed E-state index contributed by atoms with van der Waals surface area (Å²) in [5.41, 5.74) is 0.463. The fourth-order valence-corrected chi connectivity index (χ4v) is 1.35. The van der Waals surface area contributed by atoms with Crippen LogP contribution in [0.1, 0.15) is 17.2 Å². The zero-order valence-electron chi connectivity index (χ0n) is 8.57. The van der Waals surface area contributed by atoms with E-state index in [9.17, 15) is 19.7 Å². The molecule has 2 N–H and O–H groups in total. The number of rotatable bonds is 5. The fraction of sp³-hybridized carbons (Fsp3) is 0.200. The van der Waals surface area contributed by atoms with Crippen molar-refractivity contribution in [1.82, 2.24) is 0 Å². The molecule has 0 amide bonds. The minimum Gasteiger partial charge on any atom is -0.481 e. The highest BCUT2D eigenvalue weighted by atomic mass is 16.6. The van der Waals surface area contributed by atoms with Crippen LogP contribution in [0.25, 0.3) is 0 Å². The Hall–Kier alpha value is -2.44. The average Bonchev–Trinajstić information content (AvgIpc) is 2.18. The number of carbonyl (C=O) groups is 2. The molecule has 1 unspecified atom stereocenters. The van der Waals surface area contributed by atoms with Crippen LogP contribution in [0.5, 0.6) is 0 Å². The molecule has 0 saturated carbocycles. The Balaban J connectivity index is 2.96. The fourth-order valence-electron chi connectivity index (χ4n) is 1.35. The first kappa shape index (κ1) is 12.6. The molecule has 7 heteroatoms. The average molecular weight is 239 g/mol. The van der Waals surface area contributed by atoms with E-state index in [1.807, 2.05) is 0 Å². The molecule has 0 aromatic heterocycles. The molecule has 0 spiro atoms. The number of hydrogen-bond acceptors (Lipinski definition) is 4. The summed E-state index contributed by atoms with van der Waals surface area (Å²) in [7, 11) is 0. The molecule has 7 nitrogen and oxygen atoms in total. The number of carboxylic acids is 2. The molecule has 0 aliphatic carbocycles. The van der Waals surface area contributed by atoms with E-state index in [1.54, 1.807) is 0 Å². The van der Waals surface area contributed by atoms with Crippen LogP contribution in [0, 0.1) is 10.1 Å². The van der Waals surface area contributed by atoms with Gasteiger partial charge in [-0.2, -0.15) is 0 Å². The largest absolute Gasteiger partial charge is 0.481 e. The summed E-state index contributed by atoms with van der Waals surface area (Å²) in [4.78, 5) is 30.7. The van der Waals surface area contributed by atoms with Crippen molar-refractivity contribution in [2.24, 2.45) is 0 Å². The molecule has 1 atom stereocenters. The van der Waals surface area contributed by atoms with Crippen molar-refractivity contribution in [2.75, 3.05) is 0 Å². The van der Waals surface area contributed by atoms with E-state index in [0.29, 0.717) is 5.56 Å². The Labute approximate surface area is 95.5 Å². The standard InChI is InChI=1S/C10H9NO6/c12-8(13)5-6-1-3-7(4-2-6)9(10(14)15)11(16)17/h1-4,9H,5H2,(H,12,13)(H,14,15). The summed E-state index contributed by atoms with van der Waals surface area (Å²) in [5.74, 6) is -2.58. The second kappa shape index (κ2) is 5.06. The Morgan fingerprint density at radius 3 is 2.12 bits per heavy atom. The van der Waals surface area contributed by atoms with Crippen LogP contribution in [-0.4, -0.2) is 27.1 Å². The van der Waals surface area contributed by atoms with E-state index in [4.69, 9.17) is 10.2 Å². The Morgan fingerprint density at radius 1 is 1.24 bits per heavy atom. The van der Waals surface area contributed by atoms with Gasteiger partial charge in [0.1, 0.15) is 0 Å². The first-order chi connectivity index (χ1) is 7.91. The minimum absolute atomic E-state index is 0.0108. The lowest BCUT2D eigenvalue weighted by Gasteiger charge is -2.05. The molecule has 1 aromatic rings. The number of carboxylic acid groups (broad SMARTS) is 2. The summed E-state index contributed by atoms with van der Waals surface area (Å²) >= 11 is 0. The highest BCUT2D eigenvalue weighted by Crippen LogP contribution is 2.17. The van der Waals surface area contributed by atoms with Crippen LogP contribution in [0.15, 0.2) is 24.3 Å². The molecule has 1 aromatic carbocycles. The van der Waals surface area contributed by atoms with Gasteiger partial charge in [0.15, 0.2) is 0 Å². The van der Waals surface area contributed by atoms with Gasteiger partial charge in [0.05, 0.1) is 6.42 Å². The van der Waals surface area contributed by atoms with E-state index in [2.05, 4.69) is 0 Å². The third-order valence-corrected chi connectivity index (χ3v) is 2.10. The molecule has 0 saturated heterocycles. The highest BCUT2D eigenvalue weighted by Gasteiger charge is 2.31.